The lowest BCUT2D eigenvalue weighted by molar-refractivity contribution is 0.0634. The van der Waals surface area contributed by atoms with E-state index in [0.717, 1.165) is 26.9 Å². The summed E-state index contributed by atoms with van der Waals surface area (Å²) in [6, 6.07) is 34.6. The highest BCUT2D eigenvalue weighted by molar-refractivity contribution is 9.10. The first-order valence-electron chi connectivity index (χ1n) is 13.1. The SMILES string of the molecule is CC(C)(C)OC(=O)Nc1ccc(C2=NN(C(=O)c3ccc(Br)cc3)C(c3ccccc3)C2c2ccccc2)cc1. The molecule has 0 aliphatic carbocycles. The van der Waals surface area contributed by atoms with Gasteiger partial charge >= 0.3 is 6.09 Å². The van der Waals surface area contributed by atoms with E-state index in [9.17, 15) is 9.59 Å². The second kappa shape index (κ2) is 11.5. The van der Waals surface area contributed by atoms with Crippen molar-refractivity contribution in [3.63, 3.8) is 0 Å². The smallest absolute Gasteiger partial charge is 0.412 e. The average Bonchev–Trinajstić information content (AvgIpc) is 3.34. The van der Waals surface area contributed by atoms with E-state index >= 15 is 0 Å². The van der Waals surface area contributed by atoms with Crippen LogP contribution in [0.5, 0.6) is 0 Å². The van der Waals surface area contributed by atoms with E-state index in [1.165, 1.54) is 0 Å². The number of amides is 2. The molecule has 6 nitrogen and oxygen atoms in total. The molecule has 0 bridgehead atoms. The third-order valence-corrected chi connectivity index (χ3v) is 7.04. The molecule has 2 unspecified atom stereocenters. The zero-order valence-corrected chi connectivity index (χ0v) is 24.1. The van der Waals surface area contributed by atoms with Crippen LogP contribution in [0.15, 0.2) is 119 Å². The third kappa shape index (κ3) is 6.15. The van der Waals surface area contributed by atoms with Crippen LogP contribution in [-0.4, -0.2) is 28.3 Å². The predicted molar refractivity (Wildman–Crippen MR) is 162 cm³/mol. The molecule has 1 aliphatic heterocycles. The molecule has 0 fully saturated rings. The Morgan fingerprint density at radius 1 is 0.800 bits per heavy atom. The van der Waals surface area contributed by atoms with E-state index in [1.807, 2.05) is 106 Å². The normalized spacial score (nSPS) is 16.8. The summed E-state index contributed by atoms with van der Waals surface area (Å²) >= 11 is 3.46. The molecule has 5 rings (SSSR count). The van der Waals surface area contributed by atoms with Gasteiger partial charge in [-0.2, -0.15) is 5.10 Å². The molecule has 0 radical (unpaired) electrons. The molecule has 202 valence electrons. The van der Waals surface area contributed by atoms with Crippen molar-refractivity contribution in [3.05, 3.63) is 136 Å². The molecule has 1 heterocycles. The topological polar surface area (TPSA) is 71.0 Å². The minimum absolute atomic E-state index is 0.180. The second-order valence-electron chi connectivity index (χ2n) is 10.6. The van der Waals surface area contributed by atoms with Crippen LogP contribution in [0, 0.1) is 0 Å². The van der Waals surface area contributed by atoms with Gasteiger partial charge in [0.25, 0.3) is 5.91 Å². The minimum atomic E-state index is -0.594. The number of nitrogens with zero attached hydrogens (tertiary/aromatic N) is 2. The maximum Gasteiger partial charge on any atom is 0.412 e. The summed E-state index contributed by atoms with van der Waals surface area (Å²) in [6.45, 7) is 5.46. The average molecular weight is 597 g/mol. The molecule has 0 spiro atoms. The number of ether oxygens (including phenoxy) is 1. The van der Waals surface area contributed by atoms with E-state index in [0.29, 0.717) is 11.3 Å². The maximum absolute atomic E-state index is 13.9. The van der Waals surface area contributed by atoms with E-state index in [1.54, 1.807) is 17.1 Å². The van der Waals surface area contributed by atoms with Gasteiger partial charge in [-0.15, -0.1) is 0 Å². The summed E-state index contributed by atoms with van der Waals surface area (Å²) < 4.78 is 6.28. The van der Waals surface area contributed by atoms with Gasteiger partial charge in [0.05, 0.1) is 17.7 Å². The van der Waals surface area contributed by atoms with Crippen molar-refractivity contribution < 1.29 is 14.3 Å². The molecular weight excluding hydrogens is 566 g/mol. The van der Waals surface area contributed by atoms with Crippen molar-refractivity contribution >= 4 is 39.3 Å². The molecular formula is C33H30BrN3O3. The Balaban J connectivity index is 1.56. The molecule has 1 N–H and O–H groups in total. The number of benzene rings is 4. The Kier molecular flexibility index (Phi) is 7.85. The largest absolute Gasteiger partial charge is 0.444 e. The molecule has 0 saturated heterocycles. The third-order valence-electron chi connectivity index (χ3n) is 6.51. The Hall–Kier alpha value is -4.23. The van der Waals surface area contributed by atoms with Gasteiger partial charge in [0.15, 0.2) is 0 Å². The molecule has 2 amide bonds. The quantitative estimate of drug-likeness (QED) is 0.253. The van der Waals surface area contributed by atoms with Gasteiger partial charge in [0, 0.05) is 15.7 Å². The van der Waals surface area contributed by atoms with Gasteiger partial charge in [0.2, 0.25) is 0 Å². The molecule has 2 atom stereocenters. The fourth-order valence-electron chi connectivity index (χ4n) is 4.80. The Morgan fingerprint density at radius 3 is 1.95 bits per heavy atom. The van der Waals surface area contributed by atoms with Crippen molar-refractivity contribution in [1.82, 2.24) is 5.01 Å². The standard InChI is InChI=1S/C33H30BrN3O3/c1-33(2,3)40-32(39)35-27-20-16-23(17-21-27)29-28(22-10-6-4-7-11-22)30(24-12-8-5-9-13-24)37(36-29)31(38)25-14-18-26(34)19-15-25/h4-21,28,30H,1-3H3,(H,35,39). The Labute approximate surface area is 242 Å². The van der Waals surface area contributed by atoms with Gasteiger partial charge in [0.1, 0.15) is 5.60 Å². The van der Waals surface area contributed by atoms with E-state index < -0.39 is 11.7 Å². The number of rotatable bonds is 5. The zero-order chi connectivity index (χ0) is 28.3. The molecule has 0 aromatic heterocycles. The predicted octanol–water partition coefficient (Wildman–Crippen LogP) is 8.18. The molecule has 4 aromatic carbocycles. The van der Waals surface area contributed by atoms with E-state index in [4.69, 9.17) is 9.84 Å². The number of nitrogens with one attached hydrogen (secondary N) is 1. The van der Waals surface area contributed by atoms with E-state index in [2.05, 4.69) is 33.4 Å². The summed E-state index contributed by atoms with van der Waals surface area (Å²) in [4.78, 5) is 26.2. The number of carbonyl (C=O) groups is 2. The van der Waals surface area contributed by atoms with Crippen LogP contribution in [0.2, 0.25) is 0 Å². The fourth-order valence-corrected chi connectivity index (χ4v) is 5.06. The first kappa shape index (κ1) is 27.3. The highest BCUT2D eigenvalue weighted by Crippen LogP contribution is 2.44. The van der Waals surface area contributed by atoms with Crippen molar-refractivity contribution in [1.29, 1.82) is 0 Å². The number of anilines is 1. The molecule has 0 saturated carbocycles. The highest BCUT2D eigenvalue weighted by Gasteiger charge is 2.43. The fraction of sp³-hybridized carbons (Fsp3) is 0.182. The number of hydrogen-bond acceptors (Lipinski definition) is 4. The summed E-state index contributed by atoms with van der Waals surface area (Å²) in [7, 11) is 0. The van der Waals surface area contributed by atoms with Crippen LogP contribution < -0.4 is 5.32 Å². The van der Waals surface area contributed by atoms with Crippen molar-refractivity contribution in [2.24, 2.45) is 5.10 Å². The summed E-state index contributed by atoms with van der Waals surface area (Å²) in [5.74, 6) is -0.395. The van der Waals surface area contributed by atoms with Crippen molar-refractivity contribution in [3.8, 4) is 0 Å². The summed E-state index contributed by atoms with van der Waals surface area (Å²) in [6.07, 6.45) is -0.518. The minimum Gasteiger partial charge on any atom is -0.444 e. The van der Waals surface area contributed by atoms with Crippen LogP contribution in [0.4, 0.5) is 10.5 Å². The van der Waals surface area contributed by atoms with Gasteiger partial charge < -0.3 is 4.74 Å². The summed E-state index contributed by atoms with van der Waals surface area (Å²) in [5.41, 5.74) is 4.24. The van der Waals surface area contributed by atoms with Crippen LogP contribution in [0.3, 0.4) is 0 Å². The van der Waals surface area contributed by atoms with Crippen molar-refractivity contribution in [2.45, 2.75) is 38.3 Å². The summed E-state index contributed by atoms with van der Waals surface area (Å²) in [5, 5.41) is 9.38. The molecule has 7 heteroatoms. The molecule has 1 aliphatic rings. The number of halogens is 1. The molecule has 40 heavy (non-hydrogen) atoms. The lowest BCUT2D eigenvalue weighted by atomic mass is 9.82. The Bertz CT molecular complexity index is 1510. The number of carbonyl (C=O) groups excluding carboxylic acids is 2. The van der Waals surface area contributed by atoms with Gasteiger partial charge in [-0.05, 0) is 73.9 Å². The first-order chi connectivity index (χ1) is 19.2. The van der Waals surface area contributed by atoms with Crippen LogP contribution >= 0.6 is 15.9 Å². The van der Waals surface area contributed by atoms with Crippen LogP contribution in [-0.2, 0) is 4.74 Å². The van der Waals surface area contributed by atoms with Crippen molar-refractivity contribution in [2.75, 3.05) is 5.32 Å². The highest BCUT2D eigenvalue weighted by atomic mass is 79.9. The number of hydrazone groups is 1. The van der Waals surface area contributed by atoms with Crippen LogP contribution in [0.1, 0.15) is 59.8 Å². The lowest BCUT2D eigenvalue weighted by Gasteiger charge is -2.28. The Morgan fingerprint density at radius 2 is 1.38 bits per heavy atom. The van der Waals surface area contributed by atoms with Gasteiger partial charge in [-0.25, -0.2) is 9.80 Å². The monoisotopic (exact) mass is 595 g/mol. The zero-order valence-electron chi connectivity index (χ0n) is 22.5. The number of hydrogen-bond donors (Lipinski definition) is 1. The second-order valence-corrected chi connectivity index (χ2v) is 11.5. The lowest BCUT2D eigenvalue weighted by Crippen LogP contribution is -2.30. The maximum atomic E-state index is 13.9. The molecule has 4 aromatic rings. The van der Waals surface area contributed by atoms with Gasteiger partial charge in [-0.1, -0.05) is 88.7 Å². The first-order valence-corrected chi connectivity index (χ1v) is 13.9. The van der Waals surface area contributed by atoms with Gasteiger partial charge in [-0.3, -0.25) is 10.1 Å². The van der Waals surface area contributed by atoms with E-state index in [-0.39, 0.29) is 17.9 Å². The van der Waals surface area contributed by atoms with Crippen LogP contribution in [0.25, 0.3) is 0 Å².